The van der Waals surface area contributed by atoms with Crippen molar-refractivity contribution in [3.63, 3.8) is 0 Å². The minimum atomic E-state index is -1.08. The van der Waals surface area contributed by atoms with Crippen molar-refractivity contribution >= 4 is 23.4 Å². The number of halogens is 1. The van der Waals surface area contributed by atoms with Gasteiger partial charge < -0.3 is 9.47 Å². The normalized spacial score (nSPS) is 19.7. The Morgan fingerprint density at radius 2 is 2.06 bits per heavy atom. The second-order valence-corrected chi connectivity index (χ2v) is 3.73. The van der Waals surface area contributed by atoms with Crippen LogP contribution in [-0.4, -0.2) is 23.9 Å². The van der Waals surface area contributed by atoms with Crippen molar-refractivity contribution in [3.8, 4) is 0 Å². The number of hydrogen-bond acceptors (Lipinski definition) is 4. The van der Waals surface area contributed by atoms with E-state index in [1.165, 1.54) is 6.08 Å². The second-order valence-electron chi connectivity index (χ2n) is 3.34. The molecule has 0 bridgehead atoms. The number of benzene rings is 1. The van der Waals surface area contributed by atoms with Crippen molar-refractivity contribution in [1.82, 2.24) is 0 Å². The summed E-state index contributed by atoms with van der Waals surface area (Å²) in [5.74, 6) is -1.19. The lowest BCUT2D eigenvalue weighted by Gasteiger charge is -2.16. The molecule has 1 aromatic rings. The SMILES string of the molecule is O=C(OC1=CCOC(Cl)C1=O)c1ccccc1. The number of carbonyl (C=O) groups is 2. The van der Waals surface area contributed by atoms with Crippen molar-refractivity contribution in [1.29, 1.82) is 0 Å². The van der Waals surface area contributed by atoms with Gasteiger partial charge in [0.2, 0.25) is 5.78 Å². The molecule has 0 aliphatic carbocycles. The number of Topliss-reactive ketones (excluding diaryl/α,β-unsaturated/α-hetero) is 1. The van der Waals surface area contributed by atoms with Gasteiger partial charge in [0.15, 0.2) is 11.3 Å². The van der Waals surface area contributed by atoms with E-state index in [-0.39, 0.29) is 12.4 Å². The molecule has 1 atom stereocenters. The highest BCUT2D eigenvalue weighted by Crippen LogP contribution is 2.16. The van der Waals surface area contributed by atoms with Gasteiger partial charge in [0.1, 0.15) is 0 Å². The van der Waals surface area contributed by atoms with E-state index < -0.39 is 17.3 Å². The summed E-state index contributed by atoms with van der Waals surface area (Å²) in [5.41, 5.74) is -0.711. The van der Waals surface area contributed by atoms with E-state index in [9.17, 15) is 9.59 Å². The number of ketones is 1. The first-order valence-electron chi connectivity index (χ1n) is 4.96. The first-order valence-corrected chi connectivity index (χ1v) is 5.39. The highest BCUT2D eigenvalue weighted by atomic mass is 35.5. The zero-order valence-electron chi connectivity index (χ0n) is 8.76. The van der Waals surface area contributed by atoms with Crippen molar-refractivity contribution in [2.75, 3.05) is 6.61 Å². The maximum Gasteiger partial charge on any atom is 0.343 e. The lowest BCUT2D eigenvalue weighted by molar-refractivity contribution is -0.126. The van der Waals surface area contributed by atoms with Gasteiger partial charge in [0, 0.05) is 0 Å². The Hall–Kier alpha value is -1.65. The van der Waals surface area contributed by atoms with E-state index in [0.29, 0.717) is 5.56 Å². The molecule has 88 valence electrons. The molecule has 0 amide bonds. The third kappa shape index (κ3) is 2.72. The summed E-state index contributed by atoms with van der Waals surface area (Å²) in [5, 5.41) is 0. The van der Waals surface area contributed by atoms with Gasteiger partial charge in [-0.1, -0.05) is 29.8 Å². The summed E-state index contributed by atoms with van der Waals surface area (Å²) >= 11 is 5.59. The van der Waals surface area contributed by atoms with Gasteiger partial charge >= 0.3 is 5.97 Å². The first-order chi connectivity index (χ1) is 8.18. The molecule has 0 radical (unpaired) electrons. The van der Waals surface area contributed by atoms with Crippen LogP contribution >= 0.6 is 11.6 Å². The van der Waals surface area contributed by atoms with Crippen molar-refractivity contribution < 1.29 is 19.1 Å². The predicted octanol–water partition coefficient (Wildman–Crippen LogP) is 1.89. The summed E-state index contributed by atoms with van der Waals surface area (Å²) in [4.78, 5) is 23.2. The molecule has 1 aliphatic rings. The Labute approximate surface area is 103 Å². The van der Waals surface area contributed by atoms with Crippen LogP contribution in [-0.2, 0) is 14.3 Å². The zero-order chi connectivity index (χ0) is 12.3. The van der Waals surface area contributed by atoms with Crippen LogP contribution in [0.1, 0.15) is 10.4 Å². The molecular weight excluding hydrogens is 244 g/mol. The lowest BCUT2D eigenvalue weighted by atomic mass is 10.2. The average molecular weight is 253 g/mol. The van der Waals surface area contributed by atoms with Gasteiger partial charge in [-0.25, -0.2) is 4.79 Å². The molecule has 2 rings (SSSR count). The van der Waals surface area contributed by atoms with Crippen molar-refractivity contribution in [3.05, 3.63) is 47.7 Å². The fourth-order valence-corrected chi connectivity index (χ4v) is 1.50. The molecule has 0 fully saturated rings. The molecule has 0 aromatic heterocycles. The van der Waals surface area contributed by atoms with Gasteiger partial charge in [-0.15, -0.1) is 0 Å². The fourth-order valence-electron chi connectivity index (χ4n) is 1.32. The molecule has 0 saturated heterocycles. The third-order valence-electron chi connectivity index (χ3n) is 2.17. The van der Waals surface area contributed by atoms with E-state index in [1.807, 2.05) is 0 Å². The average Bonchev–Trinajstić information content (AvgIpc) is 2.36. The smallest absolute Gasteiger partial charge is 0.343 e. The van der Waals surface area contributed by atoms with Crippen LogP contribution in [0.4, 0.5) is 0 Å². The maximum atomic E-state index is 11.7. The zero-order valence-corrected chi connectivity index (χ0v) is 9.52. The van der Waals surface area contributed by atoms with E-state index in [1.54, 1.807) is 30.3 Å². The van der Waals surface area contributed by atoms with Crippen LogP contribution in [0, 0.1) is 0 Å². The minimum Gasteiger partial charge on any atom is -0.419 e. The Morgan fingerprint density at radius 1 is 1.35 bits per heavy atom. The van der Waals surface area contributed by atoms with E-state index in [0.717, 1.165) is 0 Å². The first kappa shape index (κ1) is 11.8. The summed E-state index contributed by atoms with van der Waals surface area (Å²) in [6.45, 7) is 0.150. The number of carbonyl (C=O) groups excluding carboxylic acids is 2. The van der Waals surface area contributed by atoms with Crippen LogP contribution in [0.15, 0.2) is 42.2 Å². The van der Waals surface area contributed by atoms with E-state index in [4.69, 9.17) is 21.1 Å². The highest BCUT2D eigenvalue weighted by Gasteiger charge is 2.27. The number of hydrogen-bond donors (Lipinski definition) is 0. The van der Waals surface area contributed by atoms with Crippen LogP contribution in [0.25, 0.3) is 0 Å². The van der Waals surface area contributed by atoms with Crippen LogP contribution in [0.2, 0.25) is 0 Å². The Bertz CT molecular complexity index is 467. The molecule has 4 nitrogen and oxygen atoms in total. The lowest BCUT2D eigenvalue weighted by Crippen LogP contribution is -2.27. The summed E-state index contributed by atoms with van der Waals surface area (Å²) in [7, 11) is 0. The molecule has 0 saturated carbocycles. The fraction of sp³-hybridized carbons (Fsp3) is 0.167. The largest absolute Gasteiger partial charge is 0.419 e. The Morgan fingerprint density at radius 3 is 2.76 bits per heavy atom. The van der Waals surface area contributed by atoms with Crippen molar-refractivity contribution in [2.45, 2.75) is 5.56 Å². The number of ether oxygens (including phenoxy) is 2. The quantitative estimate of drug-likeness (QED) is 0.596. The molecular formula is C12H9ClO4. The second kappa shape index (κ2) is 5.12. The standard InChI is InChI=1S/C12H9ClO4/c13-11-10(14)9(6-7-16-11)17-12(15)8-4-2-1-3-5-8/h1-6,11H,7H2. The molecule has 17 heavy (non-hydrogen) atoms. The molecule has 1 heterocycles. The van der Waals surface area contributed by atoms with Crippen LogP contribution in [0.3, 0.4) is 0 Å². The van der Waals surface area contributed by atoms with E-state index in [2.05, 4.69) is 0 Å². The van der Waals surface area contributed by atoms with Gasteiger partial charge in [-0.05, 0) is 18.2 Å². The number of esters is 1. The molecule has 0 N–H and O–H groups in total. The van der Waals surface area contributed by atoms with Gasteiger partial charge in [-0.3, -0.25) is 4.79 Å². The summed E-state index contributed by atoms with van der Waals surface area (Å²) < 4.78 is 9.82. The monoisotopic (exact) mass is 252 g/mol. The predicted molar refractivity (Wildman–Crippen MR) is 60.5 cm³/mol. The molecule has 1 aliphatic heterocycles. The minimum absolute atomic E-state index is 0.0647. The maximum absolute atomic E-state index is 11.7. The van der Waals surface area contributed by atoms with Gasteiger partial charge in [-0.2, -0.15) is 0 Å². The third-order valence-corrected chi connectivity index (χ3v) is 2.50. The Kier molecular flexibility index (Phi) is 3.56. The molecule has 1 aromatic carbocycles. The van der Waals surface area contributed by atoms with Crippen LogP contribution < -0.4 is 0 Å². The summed E-state index contributed by atoms with van der Waals surface area (Å²) in [6.07, 6.45) is 1.39. The van der Waals surface area contributed by atoms with E-state index >= 15 is 0 Å². The van der Waals surface area contributed by atoms with Crippen molar-refractivity contribution in [2.24, 2.45) is 0 Å². The van der Waals surface area contributed by atoms with Gasteiger partial charge in [0.25, 0.3) is 0 Å². The molecule has 0 spiro atoms. The molecule has 1 unspecified atom stereocenters. The topological polar surface area (TPSA) is 52.6 Å². The number of alkyl halides is 1. The number of rotatable bonds is 2. The molecule has 5 heteroatoms. The van der Waals surface area contributed by atoms with Gasteiger partial charge in [0.05, 0.1) is 12.2 Å². The summed E-state index contributed by atoms with van der Waals surface area (Å²) in [6, 6.07) is 8.41. The van der Waals surface area contributed by atoms with Crippen LogP contribution in [0.5, 0.6) is 0 Å². The highest BCUT2D eigenvalue weighted by molar-refractivity contribution is 6.32. The Balaban J connectivity index is 2.10.